The number of amides is 2. The number of benzene rings is 3. The molecule has 224 valence electrons. The van der Waals surface area contributed by atoms with E-state index in [9.17, 15) is 18.0 Å². The highest BCUT2D eigenvalue weighted by Crippen LogP contribution is 2.27. The van der Waals surface area contributed by atoms with E-state index in [2.05, 4.69) is 5.32 Å². The lowest BCUT2D eigenvalue weighted by Crippen LogP contribution is -2.55. The molecule has 1 aliphatic carbocycles. The first-order valence-electron chi connectivity index (χ1n) is 14.4. The maximum absolute atomic E-state index is 14.3. The third kappa shape index (κ3) is 8.58. The van der Waals surface area contributed by atoms with Gasteiger partial charge in [-0.1, -0.05) is 97.1 Å². The van der Waals surface area contributed by atoms with Crippen molar-refractivity contribution >= 4 is 39.1 Å². The molecule has 1 unspecified atom stereocenters. The highest BCUT2D eigenvalue weighted by molar-refractivity contribution is 7.92. The molecule has 1 N–H and O–H groups in total. The number of halogens is 1. The zero-order chi connectivity index (χ0) is 30.3. The highest BCUT2D eigenvalue weighted by atomic mass is 35.5. The third-order valence-electron chi connectivity index (χ3n) is 7.78. The highest BCUT2D eigenvalue weighted by Gasteiger charge is 2.34. The molecule has 9 heteroatoms. The minimum absolute atomic E-state index is 0.0575. The van der Waals surface area contributed by atoms with E-state index in [0.717, 1.165) is 59.4 Å². The van der Waals surface area contributed by atoms with Crippen molar-refractivity contribution in [1.29, 1.82) is 0 Å². The van der Waals surface area contributed by atoms with Crippen LogP contribution in [-0.2, 0) is 32.6 Å². The lowest BCUT2D eigenvalue weighted by molar-refractivity contribution is -0.140. The number of aryl methyl sites for hydroxylation is 2. The third-order valence-corrected chi connectivity index (χ3v) is 9.14. The van der Waals surface area contributed by atoms with E-state index in [1.54, 1.807) is 25.1 Å². The van der Waals surface area contributed by atoms with E-state index in [1.165, 1.54) is 4.90 Å². The monoisotopic (exact) mass is 609 g/mol. The zero-order valence-corrected chi connectivity index (χ0v) is 26.1. The Morgan fingerprint density at radius 2 is 1.62 bits per heavy atom. The first kappa shape index (κ1) is 31.6. The van der Waals surface area contributed by atoms with Crippen LogP contribution in [0.3, 0.4) is 0 Å². The van der Waals surface area contributed by atoms with E-state index in [4.69, 9.17) is 11.6 Å². The van der Waals surface area contributed by atoms with Crippen molar-refractivity contribution in [1.82, 2.24) is 10.2 Å². The molecule has 0 bridgehead atoms. The summed E-state index contributed by atoms with van der Waals surface area (Å²) in [6, 6.07) is 21.6. The zero-order valence-electron chi connectivity index (χ0n) is 24.6. The van der Waals surface area contributed by atoms with Gasteiger partial charge in [-0.2, -0.15) is 0 Å². The molecule has 0 radical (unpaired) electrons. The SMILES string of the molecule is Cc1cccc(CN(C(=O)CN(c2cc(Cl)ccc2C)S(C)(=O)=O)C(Cc2ccccc2)C(=O)NC2CCCCC2)c1. The summed E-state index contributed by atoms with van der Waals surface area (Å²) in [5.41, 5.74) is 3.79. The Bertz CT molecular complexity index is 1490. The fraction of sp³-hybridized carbons (Fsp3) is 0.394. The molecule has 2 amide bonds. The second kappa shape index (κ2) is 14.2. The van der Waals surface area contributed by atoms with Gasteiger partial charge in [0, 0.05) is 24.0 Å². The van der Waals surface area contributed by atoms with E-state index in [1.807, 2.05) is 61.5 Å². The average molecular weight is 610 g/mol. The van der Waals surface area contributed by atoms with Gasteiger partial charge >= 0.3 is 0 Å². The molecule has 4 rings (SSSR count). The second-order valence-electron chi connectivity index (χ2n) is 11.3. The van der Waals surface area contributed by atoms with Crippen LogP contribution < -0.4 is 9.62 Å². The number of hydrogen-bond acceptors (Lipinski definition) is 4. The van der Waals surface area contributed by atoms with Gasteiger partial charge in [0.2, 0.25) is 21.8 Å². The molecular weight excluding hydrogens is 570 g/mol. The summed E-state index contributed by atoms with van der Waals surface area (Å²) in [5.74, 6) is -0.697. The van der Waals surface area contributed by atoms with Crippen molar-refractivity contribution in [3.8, 4) is 0 Å². The number of hydrogen-bond donors (Lipinski definition) is 1. The van der Waals surface area contributed by atoms with Gasteiger partial charge in [-0.05, 0) is 55.5 Å². The minimum Gasteiger partial charge on any atom is -0.352 e. The number of carbonyl (C=O) groups is 2. The Morgan fingerprint density at radius 1 is 0.929 bits per heavy atom. The van der Waals surface area contributed by atoms with Crippen LogP contribution in [0, 0.1) is 13.8 Å². The molecule has 0 heterocycles. The van der Waals surface area contributed by atoms with Crippen LogP contribution in [0.1, 0.15) is 54.4 Å². The lowest BCUT2D eigenvalue weighted by atomic mass is 9.94. The molecule has 1 atom stereocenters. The van der Waals surface area contributed by atoms with E-state index in [0.29, 0.717) is 22.7 Å². The molecule has 0 spiro atoms. The van der Waals surface area contributed by atoms with E-state index < -0.39 is 28.5 Å². The van der Waals surface area contributed by atoms with Crippen LogP contribution in [0.25, 0.3) is 0 Å². The average Bonchev–Trinajstić information content (AvgIpc) is 2.95. The molecule has 3 aromatic carbocycles. The lowest BCUT2D eigenvalue weighted by Gasteiger charge is -2.35. The number of carbonyl (C=O) groups excluding carboxylic acids is 2. The van der Waals surface area contributed by atoms with Crippen LogP contribution in [0.5, 0.6) is 0 Å². The number of anilines is 1. The van der Waals surface area contributed by atoms with Gasteiger partial charge in [-0.15, -0.1) is 0 Å². The first-order valence-corrected chi connectivity index (χ1v) is 16.7. The van der Waals surface area contributed by atoms with E-state index in [-0.39, 0.29) is 18.5 Å². The van der Waals surface area contributed by atoms with Gasteiger partial charge in [0.25, 0.3) is 0 Å². The van der Waals surface area contributed by atoms with Crippen LogP contribution >= 0.6 is 11.6 Å². The minimum atomic E-state index is -3.87. The summed E-state index contributed by atoms with van der Waals surface area (Å²) in [6.45, 7) is 3.44. The van der Waals surface area contributed by atoms with Gasteiger partial charge in [-0.25, -0.2) is 8.42 Å². The molecule has 42 heavy (non-hydrogen) atoms. The molecule has 1 aliphatic rings. The summed E-state index contributed by atoms with van der Waals surface area (Å²) in [4.78, 5) is 29.8. The molecular formula is C33H40ClN3O4S. The van der Waals surface area contributed by atoms with Gasteiger partial charge in [0.05, 0.1) is 11.9 Å². The second-order valence-corrected chi connectivity index (χ2v) is 13.6. The summed E-state index contributed by atoms with van der Waals surface area (Å²) in [6.07, 6.45) is 6.46. The van der Waals surface area contributed by atoms with Crippen LogP contribution in [0.4, 0.5) is 5.69 Å². The smallest absolute Gasteiger partial charge is 0.244 e. The number of nitrogens with one attached hydrogen (secondary N) is 1. The van der Waals surface area contributed by atoms with E-state index >= 15 is 0 Å². The first-order chi connectivity index (χ1) is 20.0. The van der Waals surface area contributed by atoms with Gasteiger partial charge in [0.1, 0.15) is 12.6 Å². The molecule has 3 aromatic rings. The fourth-order valence-corrected chi connectivity index (χ4v) is 6.62. The van der Waals surface area contributed by atoms with Crippen molar-refractivity contribution in [2.24, 2.45) is 0 Å². The van der Waals surface area contributed by atoms with Gasteiger partial charge in [0.15, 0.2) is 0 Å². The molecule has 1 fully saturated rings. The maximum atomic E-state index is 14.3. The van der Waals surface area contributed by atoms with Crippen molar-refractivity contribution in [3.63, 3.8) is 0 Å². The molecule has 0 aliphatic heterocycles. The Hall–Kier alpha value is -3.36. The maximum Gasteiger partial charge on any atom is 0.244 e. The Morgan fingerprint density at radius 3 is 2.29 bits per heavy atom. The van der Waals surface area contributed by atoms with Gasteiger partial charge < -0.3 is 10.2 Å². The standard InChI is InChI=1S/C33H40ClN3O4S/c1-24-11-10-14-27(19-24)22-36(32(38)23-37(42(3,40)41)30-21-28(34)18-17-25(30)2)31(20-26-12-6-4-7-13-26)33(39)35-29-15-8-5-9-16-29/h4,6-7,10-14,17-19,21,29,31H,5,8-9,15-16,20,22-23H2,1-3H3,(H,35,39). The van der Waals surface area contributed by atoms with Crippen molar-refractivity contribution in [3.05, 3.63) is 100 Å². The van der Waals surface area contributed by atoms with Crippen LogP contribution in [-0.4, -0.2) is 50.0 Å². The fourth-order valence-electron chi connectivity index (χ4n) is 5.55. The predicted octanol–water partition coefficient (Wildman–Crippen LogP) is 5.81. The molecule has 7 nitrogen and oxygen atoms in total. The number of rotatable bonds is 11. The normalized spacial score (nSPS) is 14.7. The predicted molar refractivity (Wildman–Crippen MR) is 169 cm³/mol. The van der Waals surface area contributed by atoms with Crippen LogP contribution in [0.15, 0.2) is 72.8 Å². The molecule has 1 saturated carbocycles. The largest absolute Gasteiger partial charge is 0.352 e. The molecule has 0 aromatic heterocycles. The summed E-state index contributed by atoms with van der Waals surface area (Å²) >= 11 is 6.24. The van der Waals surface area contributed by atoms with Crippen molar-refractivity contribution < 1.29 is 18.0 Å². The molecule has 0 saturated heterocycles. The summed E-state index contributed by atoms with van der Waals surface area (Å²) in [5, 5.41) is 3.58. The summed E-state index contributed by atoms with van der Waals surface area (Å²) in [7, 11) is -3.87. The quantitative estimate of drug-likeness (QED) is 0.297. The number of sulfonamides is 1. The topological polar surface area (TPSA) is 86.8 Å². The Labute approximate surface area is 254 Å². The Balaban J connectivity index is 1.74. The van der Waals surface area contributed by atoms with Crippen molar-refractivity contribution in [2.45, 2.75) is 71.0 Å². The van der Waals surface area contributed by atoms with Crippen LogP contribution in [0.2, 0.25) is 5.02 Å². The van der Waals surface area contributed by atoms with Gasteiger partial charge in [-0.3, -0.25) is 13.9 Å². The van der Waals surface area contributed by atoms with Crippen molar-refractivity contribution in [2.75, 3.05) is 17.1 Å². The Kier molecular flexibility index (Phi) is 10.7. The number of nitrogens with zero attached hydrogens (tertiary/aromatic N) is 2. The summed E-state index contributed by atoms with van der Waals surface area (Å²) < 4.78 is 27.2.